The molecule has 0 bridgehead atoms. The van der Waals surface area contributed by atoms with Gasteiger partial charge in [0.1, 0.15) is 21.2 Å². The highest BCUT2D eigenvalue weighted by atomic mass is 32.1. The molecule has 2 aromatic heterocycles. The molecular formula is C29H28N4O4S. The summed E-state index contributed by atoms with van der Waals surface area (Å²) in [5.41, 5.74) is 8.73. The fraction of sp³-hybridized carbons (Fsp3) is 0.276. The van der Waals surface area contributed by atoms with Gasteiger partial charge in [0.2, 0.25) is 0 Å². The van der Waals surface area contributed by atoms with Crippen LogP contribution in [0, 0.1) is 6.92 Å². The maximum absolute atomic E-state index is 14.4. The van der Waals surface area contributed by atoms with E-state index in [4.69, 9.17) is 15.2 Å². The molecule has 2 N–H and O–H groups in total. The third-order valence-corrected chi connectivity index (χ3v) is 8.48. The van der Waals surface area contributed by atoms with E-state index in [1.807, 2.05) is 61.5 Å². The van der Waals surface area contributed by atoms with Crippen LogP contribution < -0.4 is 20.3 Å². The van der Waals surface area contributed by atoms with Crippen molar-refractivity contribution in [3.63, 3.8) is 0 Å². The Kier molecular flexibility index (Phi) is 6.25. The minimum absolute atomic E-state index is 0.0818. The van der Waals surface area contributed by atoms with E-state index in [0.29, 0.717) is 26.8 Å². The third-order valence-electron chi connectivity index (χ3n) is 7.38. The molecule has 0 saturated heterocycles. The van der Waals surface area contributed by atoms with Crippen LogP contribution in [0.15, 0.2) is 60.8 Å². The largest absolute Gasteiger partial charge is 0.457 e. The molecule has 9 heteroatoms. The van der Waals surface area contributed by atoms with Gasteiger partial charge in [-0.25, -0.2) is 9.78 Å². The van der Waals surface area contributed by atoms with Crippen LogP contribution in [0.2, 0.25) is 0 Å². The van der Waals surface area contributed by atoms with Crippen LogP contribution >= 0.6 is 11.3 Å². The molecule has 0 spiro atoms. The number of ether oxygens (including phenoxy) is 2. The van der Waals surface area contributed by atoms with E-state index in [1.165, 1.54) is 11.3 Å². The van der Waals surface area contributed by atoms with Crippen molar-refractivity contribution in [1.82, 2.24) is 4.98 Å². The van der Waals surface area contributed by atoms with E-state index in [-0.39, 0.29) is 18.2 Å². The molecule has 2 aliphatic rings. The topological polar surface area (TPSA) is 98.0 Å². The average molecular weight is 529 g/mol. The molecule has 0 unspecified atom stereocenters. The quantitative estimate of drug-likeness (QED) is 0.307. The molecule has 2 aromatic carbocycles. The van der Waals surface area contributed by atoms with Crippen molar-refractivity contribution in [3.05, 3.63) is 71.2 Å². The Labute approximate surface area is 224 Å². The summed E-state index contributed by atoms with van der Waals surface area (Å²) in [5.74, 6) is 0.873. The van der Waals surface area contributed by atoms with E-state index in [1.54, 1.807) is 23.1 Å². The number of methoxy groups -OCH3 is 1. The lowest BCUT2D eigenvalue weighted by Crippen LogP contribution is -2.51. The molecule has 1 fully saturated rings. The van der Waals surface area contributed by atoms with Crippen molar-refractivity contribution >= 4 is 50.6 Å². The predicted octanol–water partition coefficient (Wildman–Crippen LogP) is 6.53. The zero-order chi connectivity index (χ0) is 26.4. The molecule has 1 aliphatic carbocycles. The van der Waals surface area contributed by atoms with Gasteiger partial charge in [-0.05, 0) is 74.6 Å². The van der Waals surface area contributed by atoms with E-state index < -0.39 is 5.91 Å². The Morgan fingerprint density at radius 3 is 2.47 bits per heavy atom. The molecule has 0 atom stereocenters. The van der Waals surface area contributed by atoms with Gasteiger partial charge in [0.15, 0.2) is 0 Å². The van der Waals surface area contributed by atoms with Crippen LogP contribution in [0.1, 0.15) is 40.9 Å². The molecule has 1 saturated carbocycles. The van der Waals surface area contributed by atoms with E-state index in [2.05, 4.69) is 4.98 Å². The first-order valence-electron chi connectivity index (χ1n) is 12.7. The molecule has 3 heterocycles. The Bertz CT molecular complexity index is 1530. The Morgan fingerprint density at radius 1 is 1.03 bits per heavy atom. The van der Waals surface area contributed by atoms with Crippen molar-refractivity contribution in [2.24, 2.45) is 5.73 Å². The van der Waals surface area contributed by atoms with Gasteiger partial charge in [-0.3, -0.25) is 14.6 Å². The Morgan fingerprint density at radius 2 is 1.79 bits per heavy atom. The number of carbonyl (C=O) groups excluding carboxylic acids is 2. The summed E-state index contributed by atoms with van der Waals surface area (Å²) < 4.78 is 11.6. The Hall–Kier alpha value is -3.95. The summed E-state index contributed by atoms with van der Waals surface area (Å²) in [6, 6.07) is 16.8. The van der Waals surface area contributed by atoms with E-state index in [0.717, 1.165) is 48.1 Å². The molecular weight excluding hydrogens is 500 g/mol. The summed E-state index contributed by atoms with van der Waals surface area (Å²) in [6.45, 7) is 1.96. The second-order valence-electron chi connectivity index (χ2n) is 9.67. The number of anilines is 3. The first-order valence-corrected chi connectivity index (χ1v) is 13.5. The third kappa shape index (κ3) is 4.08. The lowest BCUT2D eigenvalue weighted by Gasteiger charge is -2.42. The van der Waals surface area contributed by atoms with Gasteiger partial charge in [-0.1, -0.05) is 18.2 Å². The number of benzene rings is 2. The van der Waals surface area contributed by atoms with Crippen LogP contribution in [-0.2, 0) is 4.74 Å². The highest BCUT2D eigenvalue weighted by molar-refractivity contribution is 7.21. The number of nitrogens with zero attached hydrogens (tertiary/aromatic N) is 3. The zero-order valence-corrected chi connectivity index (χ0v) is 22.0. The highest BCUT2D eigenvalue weighted by Crippen LogP contribution is 2.50. The number of thiophene rings is 1. The van der Waals surface area contributed by atoms with Gasteiger partial charge in [-0.2, -0.15) is 0 Å². The monoisotopic (exact) mass is 528 g/mol. The smallest absolute Gasteiger partial charge is 0.333 e. The van der Waals surface area contributed by atoms with Gasteiger partial charge in [0, 0.05) is 19.3 Å². The number of nitrogens with two attached hydrogens (primary N) is 1. The number of aryl methyl sites for hydroxylation is 1. The SMILES string of the molecule is COC1CCC(N2C(=O)N(c3ccc(Oc4ccccc4)cc3C)c3ccnc4sc(C(N)=O)c2c34)CC1. The van der Waals surface area contributed by atoms with Gasteiger partial charge < -0.3 is 15.2 Å². The molecule has 4 aromatic rings. The number of primary amides is 1. The van der Waals surface area contributed by atoms with E-state index >= 15 is 0 Å². The van der Waals surface area contributed by atoms with Crippen molar-refractivity contribution in [3.8, 4) is 11.5 Å². The number of urea groups is 1. The minimum atomic E-state index is -0.552. The predicted molar refractivity (Wildman–Crippen MR) is 149 cm³/mol. The van der Waals surface area contributed by atoms with Crippen LogP contribution in [-0.4, -0.2) is 36.2 Å². The number of rotatable bonds is 6. The zero-order valence-electron chi connectivity index (χ0n) is 21.2. The summed E-state index contributed by atoms with van der Waals surface area (Å²) in [6.07, 6.45) is 5.07. The average Bonchev–Trinajstić information content (AvgIpc) is 3.31. The van der Waals surface area contributed by atoms with Crippen molar-refractivity contribution in [1.29, 1.82) is 0 Å². The van der Waals surface area contributed by atoms with Crippen molar-refractivity contribution < 1.29 is 19.1 Å². The van der Waals surface area contributed by atoms with Gasteiger partial charge in [-0.15, -0.1) is 11.3 Å². The maximum atomic E-state index is 14.4. The number of amides is 3. The molecule has 3 amide bonds. The Balaban J connectivity index is 1.46. The number of hydrogen-bond donors (Lipinski definition) is 1. The molecule has 38 heavy (non-hydrogen) atoms. The second kappa shape index (κ2) is 9.74. The van der Waals surface area contributed by atoms with Gasteiger partial charge in [0.25, 0.3) is 5.91 Å². The van der Waals surface area contributed by atoms with Gasteiger partial charge >= 0.3 is 6.03 Å². The van der Waals surface area contributed by atoms with Crippen LogP contribution in [0.4, 0.5) is 21.9 Å². The summed E-state index contributed by atoms with van der Waals surface area (Å²) >= 11 is 1.24. The second-order valence-corrected chi connectivity index (χ2v) is 10.7. The molecule has 0 radical (unpaired) electrons. The van der Waals surface area contributed by atoms with Crippen molar-refractivity contribution in [2.45, 2.75) is 44.8 Å². The fourth-order valence-electron chi connectivity index (χ4n) is 5.56. The number of pyridine rings is 1. The lowest BCUT2D eigenvalue weighted by molar-refractivity contribution is 0.0661. The minimum Gasteiger partial charge on any atom is -0.457 e. The first kappa shape index (κ1) is 24.4. The van der Waals surface area contributed by atoms with Crippen LogP contribution in [0.25, 0.3) is 10.2 Å². The van der Waals surface area contributed by atoms with Gasteiger partial charge in [0.05, 0.1) is 28.6 Å². The first-order chi connectivity index (χ1) is 18.5. The standard InChI is InChI=1S/C29H28N4O4S/c1-17-16-21(37-20-6-4-3-5-7-20)12-13-22(17)33-23-14-15-31-28-24(23)25(26(38-28)27(30)34)32(29(33)35)18-8-10-19(36-2)11-9-18/h3-7,12-16,18-19H,8-11H2,1-2H3,(H2,30,34). The molecule has 8 nitrogen and oxygen atoms in total. The normalized spacial score (nSPS) is 19.2. The summed E-state index contributed by atoms with van der Waals surface area (Å²) in [5, 5.41) is 0.781. The number of hydrogen-bond acceptors (Lipinski definition) is 6. The maximum Gasteiger partial charge on any atom is 0.333 e. The fourth-order valence-corrected chi connectivity index (χ4v) is 6.57. The number of carbonyl (C=O) groups is 2. The van der Waals surface area contributed by atoms with E-state index in [9.17, 15) is 9.59 Å². The highest BCUT2D eigenvalue weighted by Gasteiger charge is 2.42. The molecule has 6 rings (SSSR count). The summed E-state index contributed by atoms with van der Waals surface area (Å²) in [4.78, 5) is 36.0. The number of aromatic nitrogens is 1. The molecule has 1 aliphatic heterocycles. The lowest BCUT2D eigenvalue weighted by atomic mass is 9.90. The van der Waals surface area contributed by atoms with Crippen LogP contribution in [0.5, 0.6) is 11.5 Å². The van der Waals surface area contributed by atoms with Crippen LogP contribution in [0.3, 0.4) is 0 Å². The summed E-state index contributed by atoms with van der Waals surface area (Å²) in [7, 11) is 1.72. The number of para-hydroxylation sites is 1. The van der Waals surface area contributed by atoms with Crippen molar-refractivity contribution in [2.75, 3.05) is 16.9 Å². The molecule has 194 valence electrons.